The topological polar surface area (TPSA) is 88.9 Å². The van der Waals surface area contributed by atoms with Gasteiger partial charge in [-0.05, 0) is 37.5 Å². The maximum atomic E-state index is 12.1. The van der Waals surface area contributed by atoms with Gasteiger partial charge in [-0.3, -0.25) is 9.59 Å². The third-order valence-electron chi connectivity index (χ3n) is 4.11. The molecule has 1 heterocycles. The van der Waals surface area contributed by atoms with Gasteiger partial charge in [-0.25, -0.2) is 4.68 Å². The molecule has 126 valence electrons. The zero-order valence-corrected chi connectivity index (χ0v) is 14.0. The summed E-state index contributed by atoms with van der Waals surface area (Å²) in [5.74, 6) is 0.150. The van der Waals surface area contributed by atoms with E-state index in [2.05, 4.69) is 20.9 Å². The number of nitrogens with one attached hydrogen (secondary N) is 2. The van der Waals surface area contributed by atoms with Crippen LogP contribution >= 0.6 is 11.6 Å². The predicted octanol–water partition coefficient (Wildman–Crippen LogP) is 2.62. The van der Waals surface area contributed by atoms with Crippen LogP contribution in [0.15, 0.2) is 24.4 Å². The third kappa shape index (κ3) is 3.73. The van der Waals surface area contributed by atoms with Gasteiger partial charge < -0.3 is 10.6 Å². The second-order valence-electron chi connectivity index (χ2n) is 5.88. The van der Waals surface area contributed by atoms with Crippen molar-refractivity contribution in [3.05, 3.63) is 35.0 Å². The van der Waals surface area contributed by atoms with Gasteiger partial charge in [0, 0.05) is 16.6 Å². The summed E-state index contributed by atoms with van der Waals surface area (Å²) >= 11 is 6.03. The van der Waals surface area contributed by atoms with E-state index in [9.17, 15) is 9.59 Å². The molecule has 3 rings (SSSR count). The Kier molecular flexibility index (Phi) is 4.80. The summed E-state index contributed by atoms with van der Waals surface area (Å²) in [5, 5.41) is 13.8. The second kappa shape index (κ2) is 7.00. The molecule has 0 unspecified atom stereocenters. The Morgan fingerprint density at radius 2 is 2.12 bits per heavy atom. The molecule has 0 bridgehead atoms. The van der Waals surface area contributed by atoms with Crippen molar-refractivity contribution in [3.8, 4) is 0 Å². The second-order valence-corrected chi connectivity index (χ2v) is 6.29. The third-order valence-corrected chi connectivity index (χ3v) is 4.52. The van der Waals surface area contributed by atoms with Gasteiger partial charge in [0.1, 0.15) is 6.54 Å². The lowest BCUT2D eigenvalue weighted by Gasteiger charge is -2.23. The Morgan fingerprint density at radius 3 is 2.83 bits per heavy atom. The average Bonchev–Trinajstić information content (AvgIpc) is 2.89. The van der Waals surface area contributed by atoms with Crippen LogP contribution in [0, 0.1) is 12.8 Å². The van der Waals surface area contributed by atoms with E-state index in [0.717, 1.165) is 24.8 Å². The summed E-state index contributed by atoms with van der Waals surface area (Å²) in [6.45, 7) is 1.83. The number of carbonyl (C=O) groups excluding carboxylic acids is 2. The van der Waals surface area contributed by atoms with Crippen LogP contribution in [0.4, 0.5) is 11.5 Å². The maximum absolute atomic E-state index is 12.1. The highest BCUT2D eigenvalue weighted by Crippen LogP contribution is 2.27. The van der Waals surface area contributed by atoms with E-state index in [4.69, 9.17) is 11.6 Å². The molecular weight excluding hydrogens is 330 g/mol. The SMILES string of the molecule is Cc1c(Cl)cccc1NC(=O)Cn1cc(NC(=O)C2CCC2)nn1. The van der Waals surface area contributed by atoms with E-state index in [1.807, 2.05) is 6.92 Å². The normalized spacial score (nSPS) is 14.1. The van der Waals surface area contributed by atoms with Crippen LogP contribution in [-0.2, 0) is 16.1 Å². The first-order valence-corrected chi connectivity index (χ1v) is 8.16. The summed E-state index contributed by atoms with van der Waals surface area (Å²) < 4.78 is 1.38. The lowest BCUT2D eigenvalue weighted by molar-refractivity contribution is -0.122. The molecule has 2 amide bonds. The Morgan fingerprint density at radius 1 is 1.33 bits per heavy atom. The van der Waals surface area contributed by atoms with Crippen LogP contribution in [0.5, 0.6) is 0 Å². The van der Waals surface area contributed by atoms with E-state index >= 15 is 0 Å². The molecule has 2 aromatic rings. The standard InChI is InChI=1S/C16H18ClN5O2/c1-10-12(17)6-3-7-13(10)18-15(23)9-22-8-14(20-21-22)19-16(24)11-4-2-5-11/h3,6-8,11H,2,4-5,9H2,1H3,(H,18,23)(H,19,24). The van der Waals surface area contributed by atoms with Crippen molar-refractivity contribution in [2.45, 2.75) is 32.7 Å². The summed E-state index contributed by atoms with van der Waals surface area (Å²) in [6.07, 6.45) is 4.47. The lowest BCUT2D eigenvalue weighted by Crippen LogP contribution is -2.28. The molecule has 0 atom stereocenters. The quantitative estimate of drug-likeness (QED) is 0.870. The van der Waals surface area contributed by atoms with Crippen molar-refractivity contribution < 1.29 is 9.59 Å². The molecule has 8 heteroatoms. The minimum Gasteiger partial charge on any atom is -0.324 e. The highest BCUT2D eigenvalue weighted by atomic mass is 35.5. The molecule has 24 heavy (non-hydrogen) atoms. The number of hydrogen-bond acceptors (Lipinski definition) is 4. The summed E-state index contributed by atoms with van der Waals surface area (Å²) in [4.78, 5) is 24.0. The molecule has 0 saturated heterocycles. The van der Waals surface area contributed by atoms with Crippen molar-refractivity contribution >= 4 is 34.9 Å². The Balaban J connectivity index is 1.56. The smallest absolute Gasteiger partial charge is 0.246 e. The van der Waals surface area contributed by atoms with Gasteiger partial charge in [-0.1, -0.05) is 29.3 Å². The van der Waals surface area contributed by atoms with Gasteiger partial charge >= 0.3 is 0 Å². The zero-order chi connectivity index (χ0) is 17.1. The van der Waals surface area contributed by atoms with E-state index in [0.29, 0.717) is 16.5 Å². The molecule has 1 aromatic heterocycles. The first-order chi connectivity index (χ1) is 11.5. The fraction of sp³-hybridized carbons (Fsp3) is 0.375. The molecule has 2 N–H and O–H groups in total. The fourth-order valence-electron chi connectivity index (χ4n) is 2.41. The molecule has 0 aliphatic heterocycles. The summed E-state index contributed by atoms with van der Waals surface area (Å²) in [7, 11) is 0. The maximum Gasteiger partial charge on any atom is 0.246 e. The number of anilines is 2. The van der Waals surface area contributed by atoms with E-state index in [1.54, 1.807) is 24.4 Å². The Hall–Kier alpha value is -2.41. The number of amides is 2. The van der Waals surface area contributed by atoms with Gasteiger partial charge in [0.15, 0.2) is 5.82 Å². The monoisotopic (exact) mass is 347 g/mol. The molecule has 1 aromatic carbocycles. The van der Waals surface area contributed by atoms with Gasteiger partial charge in [0.2, 0.25) is 11.8 Å². The number of hydrogen-bond donors (Lipinski definition) is 2. The van der Waals surface area contributed by atoms with Crippen molar-refractivity contribution in [3.63, 3.8) is 0 Å². The molecule has 1 aliphatic carbocycles. The van der Waals surface area contributed by atoms with Gasteiger partial charge in [0.05, 0.1) is 6.20 Å². The van der Waals surface area contributed by atoms with Crippen molar-refractivity contribution in [1.82, 2.24) is 15.0 Å². The van der Waals surface area contributed by atoms with E-state index in [1.165, 1.54) is 4.68 Å². The minimum atomic E-state index is -0.248. The molecule has 1 fully saturated rings. The first kappa shape index (κ1) is 16.4. The van der Waals surface area contributed by atoms with Crippen LogP contribution < -0.4 is 10.6 Å². The number of benzene rings is 1. The number of halogens is 1. The van der Waals surface area contributed by atoms with Gasteiger partial charge in [-0.2, -0.15) is 0 Å². The van der Waals surface area contributed by atoms with E-state index < -0.39 is 0 Å². The minimum absolute atomic E-state index is 0.00173. The number of rotatable bonds is 5. The van der Waals surface area contributed by atoms with Crippen LogP contribution in [0.1, 0.15) is 24.8 Å². The number of aromatic nitrogens is 3. The van der Waals surface area contributed by atoms with Crippen LogP contribution in [0.2, 0.25) is 5.02 Å². The highest BCUT2D eigenvalue weighted by molar-refractivity contribution is 6.31. The molecular formula is C16H18ClN5O2. The highest BCUT2D eigenvalue weighted by Gasteiger charge is 2.25. The molecule has 7 nitrogen and oxygen atoms in total. The van der Waals surface area contributed by atoms with Crippen LogP contribution in [-0.4, -0.2) is 26.8 Å². The van der Waals surface area contributed by atoms with Crippen molar-refractivity contribution in [2.24, 2.45) is 5.92 Å². The average molecular weight is 348 g/mol. The van der Waals surface area contributed by atoms with Crippen molar-refractivity contribution in [2.75, 3.05) is 10.6 Å². The lowest BCUT2D eigenvalue weighted by atomic mass is 9.85. The Labute approximate surface area is 144 Å². The summed E-state index contributed by atoms with van der Waals surface area (Å²) in [5.41, 5.74) is 1.46. The zero-order valence-electron chi connectivity index (χ0n) is 13.3. The van der Waals surface area contributed by atoms with Crippen molar-refractivity contribution in [1.29, 1.82) is 0 Å². The molecule has 0 spiro atoms. The molecule has 0 radical (unpaired) electrons. The van der Waals surface area contributed by atoms with Crippen LogP contribution in [0.3, 0.4) is 0 Å². The molecule has 1 saturated carbocycles. The van der Waals surface area contributed by atoms with E-state index in [-0.39, 0.29) is 24.3 Å². The Bertz CT molecular complexity index is 770. The van der Waals surface area contributed by atoms with Gasteiger partial charge in [-0.15, -0.1) is 5.10 Å². The number of nitrogens with zero attached hydrogens (tertiary/aromatic N) is 3. The van der Waals surface area contributed by atoms with Crippen LogP contribution in [0.25, 0.3) is 0 Å². The fourth-order valence-corrected chi connectivity index (χ4v) is 2.59. The largest absolute Gasteiger partial charge is 0.324 e. The first-order valence-electron chi connectivity index (χ1n) is 7.79. The summed E-state index contributed by atoms with van der Waals surface area (Å²) in [6, 6.07) is 5.32. The van der Waals surface area contributed by atoms with Gasteiger partial charge in [0.25, 0.3) is 0 Å². The number of carbonyl (C=O) groups is 2. The molecule has 1 aliphatic rings. The predicted molar refractivity (Wildman–Crippen MR) is 90.8 cm³/mol.